The van der Waals surface area contributed by atoms with Crippen molar-refractivity contribution in [3.05, 3.63) is 32.4 Å². The van der Waals surface area contributed by atoms with Crippen LogP contribution < -0.4 is 0 Å². The molecule has 3 nitrogen and oxygen atoms in total. The van der Waals surface area contributed by atoms with Crippen molar-refractivity contribution in [3.8, 4) is 6.07 Å². The second-order valence-corrected chi connectivity index (χ2v) is 4.34. The Kier molecular flexibility index (Phi) is 4.74. The summed E-state index contributed by atoms with van der Waals surface area (Å²) in [6.45, 7) is 4.08. The molecule has 84 valence electrons. The standard InChI is InChI=1S/C12H12INO2/c1-3-8-5-9(7-14)10(6-11(8)13)12(15)16-4-2/h5-6H,3-4H2,1-2H3. The fourth-order valence-electron chi connectivity index (χ4n) is 1.36. The summed E-state index contributed by atoms with van der Waals surface area (Å²) in [7, 11) is 0. The molecule has 0 heterocycles. The summed E-state index contributed by atoms with van der Waals surface area (Å²) >= 11 is 2.16. The maximum absolute atomic E-state index is 11.6. The molecule has 0 saturated heterocycles. The van der Waals surface area contributed by atoms with Gasteiger partial charge in [0.25, 0.3) is 0 Å². The van der Waals surface area contributed by atoms with Crippen LogP contribution >= 0.6 is 22.6 Å². The van der Waals surface area contributed by atoms with Crippen molar-refractivity contribution in [2.45, 2.75) is 20.3 Å². The van der Waals surface area contributed by atoms with E-state index in [4.69, 9.17) is 10.00 Å². The van der Waals surface area contributed by atoms with E-state index in [-0.39, 0.29) is 0 Å². The molecular formula is C12H12INO2. The van der Waals surface area contributed by atoms with Crippen LogP contribution in [0.1, 0.15) is 35.3 Å². The quantitative estimate of drug-likeness (QED) is 0.633. The molecule has 1 aromatic carbocycles. The minimum absolute atomic E-state index is 0.315. The first-order chi connectivity index (χ1) is 7.63. The minimum Gasteiger partial charge on any atom is -0.462 e. The third-order valence-electron chi connectivity index (χ3n) is 2.18. The van der Waals surface area contributed by atoms with Crippen LogP contribution in [0, 0.1) is 14.9 Å². The van der Waals surface area contributed by atoms with E-state index in [1.807, 2.05) is 13.0 Å². The number of esters is 1. The zero-order valence-electron chi connectivity index (χ0n) is 9.21. The fourth-order valence-corrected chi connectivity index (χ4v) is 2.21. The maximum Gasteiger partial charge on any atom is 0.339 e. The molecule has 0 amide bonds. The second-order valence-electron chi connectivity index (χ2n) is 3.18. The van der Waals surface area contributed by atoms with Crippen LogP contribution in [-0.2, 0) is 11.2 Å². The SMILES string of the molecule is CCOC(=O)c1cc(I)c(CC)cc1C#N. The second kappa shape index (κ2) is 5.85. The zero-order chi connectivity index (χ0) is 12.1. The van der Waals surface area contributed by atoms with Gasteiger partial charge in [0, 0.05) is 3.57 Å². The summed E-state index contributed by atoms with van der Waals surface area (Å²) in [5.74, 6) is -0.431. The summed E-state index contributed by atoms with van der Waals surface area (Å²) in [6.07, 6.45) is 0.843. The normalized spacial score (nSPS) is 9.62. The predicted molar refractivity (Wildman–Crippen MR) is 69.2 cm³/mol. The van der Waals surface area contributed by atoms with Gasteiger partial charge >= 0.3 is 5.97 Å². The number of halogens is 1. The first kappa shape index (κ1) is 13.0. The van der Waals surface area contributed by atoms with Crippen molar-refractivity contribution in [3.63, 3.8) is 0 Å². The van der Waals surface area contributed by atoms with Gasteiger partial charge in [-0.3, -0.25) is 0 Å². The van der Waals surface area contributed by atoms with E-state index >= 15 is 0 Å². The molecule has 0 atom stereocenters. The Morgan fingerprint density at radius 3 is 2.69 bits per heavy atom. The highest BCUT2D eigenvalue weighted by molar-refractivity contribution is 14.1. The van der Waals surface area contributed by atoms with Crippen molar-refractivity contribution >= 4 is 28.6 Å². The van der Waals surface area contributed by atoms with Gasteiger partial charge in [0.2, 0.25) is 0 Å². The number of ether oxygens (including phenoxy) is 1. The van der Waals surface area contributed by atoms with E-state index in [9.17, 15) is 4.79 Å². The Hall–Kier alpha value is -1.09. The van der Waals surface area contributed by atoms with Crippen molar-refractivity contribution in [1.82, 2.24) is 0 Å². The maximum atomic E-state index is 11.6. The average Bonchev–Trinajstić information content (AvgIpc) is 2.29. The molecule has 0 saturated carbocycles. The Bertz CT molecular complexity index is 449. The van der Waals surface area contributed by atoms with Crippen LogP contribution in [0.4, 0.5) is 0 Å². The van der Waals surface area contributed by atoms with Crippen molar-refractivity contribution in [2.24, 2.45) is 0 Å². The first-order valence-electron chi connectivity index (χ1n) is 5.03. The average molecular weight is 329 g/mol. The molecule has 1 rings (SSSR count). The van der Waals surface area contributed by atoms with Crippen molar-refractivity contribution in [2.75, 3.05) is 6.61 Å². The van der Waals surface area contributed by atoms with Crippen LogP contribution in [0.15, 0.2) is 12.1 Å². The van der Waals surface area contributed by atoms with E-state index < -0.39 is 5.97 Å². The summed E-state index contributed by atoms with van der Waals surface area (Å²) < 4.78 is 5.89. The Morgan fingerprint density at radius 1 is 1.50 bits per heavy atom. The number of benzene rings is 1. The lowest BCUT2D eigenvalue weighted by atomic mass is 10.0. The third-order valence-corrected chi connectivity index (χ3v) is 3.19. The van der Waals surface area contributed by atoms with Gasteiger partial charge in [-0.05, 0) is 53.6 Å². The Morgan fingerprint density at radius 2 is 2.19 bits per heavy atom. The molecule has 0 spiro atoms. The van der Waals surface area contributed by atoms with Crippen molar-refractivity contribution < 1.29 is 9.53 Å². The van der Waals surface area contributed by atoms with E-state index in [0.29, 0.717) is 17.7 Å². The number of carbonyl (C=O) groups excluding carboxylic acids is 1. The number of hydrogen-bond acceptors (Lipinski definition) is 3. The fraction of sp³-hybridized carbons (Fsp3) is 0.333. The lowest BCUT2D eigenvalue weighted by Gasteiger charge is -2.07. The highest BCUT2D eigenvalue weighted by atomic mass is 127. The number of nitrogens with zero attached hydrogens (tertiary/aromatic N) is 1. The lowest BCUT2D eigenvalue weighted by molar-refractivity contribution is 0.0526. The van der Waals surface area contributed by atoms with E-state index in [1.165, 1.54) is 0 Å². The zero-order valence-corrected chi connectivity index (χ0v) is 11.4. The van der Waals surface area contributed by atoms with Crippen molar-refractivity contribution in [1.29, 1.82) is 5.26 Å². The Labute approximate surface area is 109 Å². The Balaban J connectivity index is 3.24. The molecule has 0 fully saturated rings. The van der Waals surface area contributed by atoms with Gasteiger partial charge in [-0.1, -0.05) is 6.92 Å². The highest BCUT2D eigenvalue weighted by Gasteiger charge is 2.14. The summed E-state index contributed by atoms with van der Waals surface area (Å²) in [5.41, 5.74) is 1.81. The molecule has 0 aliphatic heterocycles. The van der Waals surface area contributed by atoms with Crippen LogP contribution in [0.2, 0.25) is 0 Å². The monoisotopic (exact) mass is 329 g/mol. The van der Waals surface area contributed by atoms with Gasteiger partial charge in [-0.15, -0.1) is 0 Å². The number of carbonyl (C=O) groups is 1. The largest absolute Gasteiger partial charge is 0.462 e. The molecule has 0 aliphatic carbocycles. The van der Waals surface area contributed by atoms with Crippen LogP contribution in [-0.4, -0.2) is 12.6 Å². The third kappa shape index (κ3) is 2.73. The number of aryl methyl sites for hydroxylation is 1. The highest BCUT2D eigenvalue weighted by Crippen LogP contribution is 2.20. The van der Waals surface area contributed by atoms with Gasteiger partial charge in [-0.25, -0.2) is 4.79 Å². The van der Waals surface area contributed by atoms with E-state index in [1.54, 1.807) is 19.1 Å². The number of nitriles is 1. The molecule has 16 heavy (non-hydrogen) atoms. The molecule has 1 aromatic rings. The molecule has 0 aliphatic rings. The molecule has 0 bridgehead atoms. The first-order valence-corrected chi connectivity index (χ1v) is 6.11. The summed E-state index contributed by atoms with van der Waals surface area (Å²) in [5, 5.41) is 8.99. The van der Waals surface area contributed by atoms with Gasteiger partial charge in [-0.2, -0.15) is 5.26 Å². The molecule has 4 heteroatoms. The van der Waals surface area contributed by atoms with E-state index in [0.717, 1.165) is 15.6 Å². The van der Waals surface area contributed by atoms with Gasteiger partial charge in [0.1, 0.15) is 6.07 Å². The van der Waals surface area contributed by atoms with E-state index in [2.05, 4.69) is 22.6 Å². The van der Waals surface area contributed by atoms with Gasteiger partial charge < -0.3 is 4.74 Å². The lowest BCUT2D eigenvalue weighted by Crippen LogP contribution is -2.08. The topological polar surface area (TPSA) is 50.1 Å². The number of rotatable bonds is 3. The minimum atomic E-state index is -0.431. The van der Waals surface area contributed by atoms with Crippen LogP contribution in [0.5, 0.6) is 0 Å². The van der Waals surface area contributed by atoms with Crippen LogP contribution in [0.25, 0.3) is 0 Å². The molecule has 0 N–H and O–H groups in total. The molecule has 0 unspecified atom stereocenters. The smallest absolute Gasteiger partial charge is 0.339 e. The summed E-state index contributed by atoms with van der Waals surface area (Å²) in [4.78, 5) is 11.6. The van der Waals surface area contributed by atoms with Crippen LogP contribution in [0.3, 0.4) is 0 Å². The van der Waals surface area contributed by atoms with Gasteiger partial charge in [0.05, 0.1) is 17.7 Å². The predicted octanol–water partition coefficient (Wildman–Crippen LogP) is 2.90. The van der Waals surface area contributed by atoms with Gasteiger partial charge in [0.15, 0.2) is 0 Å². The molecular weight excluding hydrogens is 317 g/mol. The molecule has 0 aromatic heterocycles. The number of hydrogen-bond donors (Lipinski definition) is 0. The summed E-state index contributed by atoms with van der Waals surface area (Å²) in [6, 6.07) is 5.51. The molecule has 0 radical (unpaired) electrons.